The lowest BCUT2D eigenvalue weighted by Crippen LogP contribution is -2.32. The summed E-state index contributed by atoms with van der Waals surface area (Å²) in [6.07, 6.45) is 1.10. The van der Waals surface area contributed by atoms with Crippen LogP contribution in [0.15, 0.2) is 22.7 Å². The highest BCUT2D eigenvalue weighted by atomic mass is 79.9. The molecule has 19 heavy (non-hydrogen) atoms. The average Bonchev–Trinajstić information content (AvgIpc) is 2.38. The normalized spacial score (nSPS) is 9.63. The Morgan fingerprint density at radius 1 is 1.32 bits per heavy atom. The van der Waals surface area contributed by atoms with Gasteiger partial charge in [-0.15, -0.1) is 12.4 Å². The molecule has 1 aromatic carbocycles. The Labute approximate surface area is 128 Å². The van der Waals surface area contributed by atoms with Crippen LogP contribution in [0.1, 0.15) is 23.7 Å². The maximum atomic E-state index is 11.8. The van der Waals surface area contributed by atoms with Crippen LogP contribution in [-0.2, 0) is 0 Å². The molecule has 0 aliphatic carbocycles. The fourth-order valence-corrected chi connectivity index (χ4v) is 2.02. The Balaban J connectivity index is 0.00000324. The van der Waals surface area contributed by atoms with E-state index in [-0.39, 0.29) is 18.3 Å². The quantitative estimate of drug-likeness (QED) is 0.743. The molecule has 1 aromatic rings. The van der Waals surface area contributed by atoms with Crippen molar-refractivity contribution in [2.75, 3.05) is 26.7 Å². The summed E-state index contributed by atoms with van der Waals surface area (Å²) >= 11 is 3.36. The third-order valence-corrected chi connectivity index (χ3v) is 3.05. The lowest BCUT2D eigenvalue weighted by Gasteiger charge is -2.08. The molecule has 0 aliphatic heterocycles. The number of benzene rings is 1. The van der Waals surface area contributed by atoms with E-state index in [1.807, 2.05) is 0 Å². The Bertz CT molecular complexity index is 402. The SMILES string of the molecule is CCCNCCNC(=O)c1ccc(OC)c(Br)c1.Cl. The van der Waals surface area contributed by atoms with Gasteiger partial charge < -0.3 is 15.4 Å². The number of hydrogen-bond donors (Lipinski definition) is 2. The van der Waals surface area contributed by atoms with Gasteiger partial charge in [-0.1, -0.05) is 6.92 Å². The van der Waals surface area contributed by atoms with Gasteiger partial charge in [-0.2, -0.15) is 0 Å². The Hall–Kier alpha value is -0.780. The highest BCUT2D eigenvalue weighted by Crippen LogP contribution is 2.25. The van der Waals surface area contributed by atoms with Gasteiger partial charge in [-0.05, 0) is 47.1 Å². The van der Waals surface area contributed by atoms with Crippen LogP contribution in [0.5, 0.6) is 5.75 Å². The molecule has 0 saturated heterocycles. The summed E-state index contributed by atoms with van der Waals surface area (Å²) in [6, 6.07) is 5.28. The van der Waals surface area contributed by atoms with Crippen molar-refractivity contribution in [2.24, 2.45) is 0 Å². The third kappa shape index (κ3) is 6.27. The van der Waals surface area contributed by atoms with Gasteiger partial charge in [0.1, 0.15) is 5.75 Å². The van der Waals surface area contributed by atoms with Gasteiger partial charge in [-0.3, -0.25) is 4.79 Å². The van der Waals surface area contributed by atoms with Gasteiger partial charge in [-0.25, -0.2) is 0 Å². The lowest BCUT2D eigenvalue weighted by atomic mass is 10.2. The van der Waals surface area contributed by atoms with Crippen molar-refractivity contribution in [3.8, 4) is 5.75 Å². The van der Waals surface area contributed by atoms with E-state index in [9.17, 15) is 4.79 Å². The summed E-state index contributed by atoms with van der Waals surface area (Å²) in [7, 11) is 1.60. The molecule has 2 N–H and O–H groups in total. The fourth-order valence-electron chi connectivity index (χ4n) is 1.48. The maximum absolute atomic E-state index is 11.8. The summed E-state index contributed by atoms with van der Waals surface area (Å²) in [5.74, 6) is 0.646. The summed E-state index contributed by atoms with van der Waals surface area (Å²) in [5.41, 5.74) is 0.623. The molecule has 0 fully saturated rings. The first-order chi connectivity index (χ1) is 8.69. The Morgan fingerprint density at radius 2 is 2.05 bits per heavy atom. The zero-order chi connectivity index (χ0) is 13.4. The molecule has 0 saturated carbocycles. The maximum Gasteiger partial charge on any atom is 0.251 e. The largest absolute Gasteiger partial charge is 0.496 e. The molecular formula is C13H20BrClN2O2. The first kappa shape index (κ1) is 18.2. The van der Waals surface area contributed by atoms with Crippen molar-refractivity contribution in [2.45, 2.75) is 13.3 Å². The number of methoxy groups -OCH3 is 1. The Morgan fingerprint density at radius 3 is 2.63 bits per heavy atom. The molecule has 4 nitrogen and oxygen atoms in total. The smallest absolute Gasteiger partial charge is 0.251 e. The molecule has 0 unspecified atom stereocenters. The van der Waals surface area contributed by atoms with Crippen molar-refractivity contribution in [3.63, 3.8) is 0 Å². The number of rotatable bonds is 7. The molecule has 1 rings (SSSR count). The topological polar surface area (TPSA) is 50.4 Å². The van der Waals surface area contributed by atoms with E-state index in [2.05, 4.69) is 33.5 Å². The van der Waals surface area contributed by atoms with Crippen LogP contribution in [0, 0.1) is 0 Å². The second-order valence-corrected chi connectivity index (χ2v) is 4.71. The highest BCUT2D eigenvalue weighted by Gasteiger charge is 2.07. The van der Waals surface area contributed by atoms with Gasteiger partial charge in [0.2, 0.25) is 0 Å². The van der Waals surface area contributed by atoms with Crippen LogP contribution in [0.25, 0.3) is 0 Å². The van der Waals surface area contributed by atoms with Crippen molar-refractivity contribution < 1.29 is 9.53 Å². The molecular weight excluding hydrogens is 332 g/mol. The van der Waals surface area contributed by atoms with Gasteiger partial charge in [0.05, 0.1) is 11.6 Å². The predicted molar refractivity (Wildman–Crippen MR) is 83.4 cm³/mol. The number of ether oxygens (including phenoxy) is 1. The predicted octanol–water partition coefficient (Wildman–Crippen LogP) is 2.61. The Kier molecular flexibility index (Phi) is 9.65. The first-order valence-electron chi connectivity index (χ1n) is 6.01. The summed E-state index contributed by atoms with van der Waals surface area (Å²) in [5, 5.41) is 6.09. The molecule has 0 aliphatic rings. The molecule has 0 radical (unpaired) electrons. The minimum Gasteiger partial charge on any atom is -0.496 e. The molecule has 108 valence electrons. The van der Waals surface area contributed by atoms with Crippen LogP contribution < -0.4 is 15.4 Å². The van der Waals surface area contributed by atoms with Crippen LogP contribution in [0.2, 0.25) is 0 Å². The summed E-state index contributed by atoms with van der Waals surface area (Å²) < 4.78 is 5.90. The molecule has 0 aromatic heterocycles. The number of amides is 1. The van der Waals surface area contributed by atoms with Crippen LogP contribution in [0.4, 0.5) is 0 Å². The van der Waals surface area contributed by atoms with Gasteiger partial charge in [0.15, 0.2) is 0 Å². The number of carbonyl (C=O) groups excluding carboxylic acids is 1. The van der Waals surface area contributed by atoms with Gasteiger partial charge in [0, 0.05) is 18.7 Å². The van der Waals surface area contributed by atoms with E-state index < -0.39 is 0 Å². The minimum absolute atomic E-state index is 0. The first-order valence-corrected chi connectivity index (χ1v) is 6.80. The lowest BCUT2D eigenvalue weighted by molar-refractivity contribution is 0.0954. The zero-order valence-corrected chi connectivity index (χ0v) is 13.6. The standard InChI is InChI=1S/C13H19BrN2O2.ClH/c1-3-6-15-7-8-16-13(17)10-4-5-12(18-2)11(14)9-10;/h4-5,9,15H,3,6-8H2,1-2H3,(H,16,17);1H. The van der Waals surface area contributed by atoms with E-state index in [4.69, 9.17) is 4.74 Å². The van der Waals surface area contributed by atoms with Gasteiger partial charge in [0.25, 0.3) is 5.91 Å². The van der Waals surface area contributed by atoms with Crippen molar-refractivity contribution in [1.29, 1.82) is 0 Å². The fraction of sp³-hybridized carbons (Fsp3) is 0.462. The number of carbonyl (C=O) groups is 1. The van der Waals surface area contributed by atoms with Crippen molar-refractivity contribution >= 4 is 34.2 Å². The molecule has 1 amide bonds. The third-order valence-electron chi connectivity index (χ3n) is 2.43. The van der Waals surface area contributed by atoms with Crippen LogP contribution >= 0.6 is 28.3 Å². The molecule has 0 bridgehead atoms. The van der Waals surface area contributed by atoms with E-state index >= 15 is 0 Å². The zero-order valence-electron chi connectivity index (χ0n) is 11.2. The summed E-state index contributed by atoms with van der Waals surface area (Å²) in [4.78, 5) is 11.8. The molecule has 0 spiro atoms. The van der Waals surface area contributed by atoms with E-state index in [1.54, 1.807) is 25.3 Å². The minimum atomic E-state index is -0.0725. The van der Waals surface area contributed by atoms with Crippen LogP contribution in [0.3, 0.4) is 0 Å². The molecule has 0 heterocycles. The molecule has 6 heteroatoms. The average molecular weight is 352 g/mol. The highest BCUT2D eigenvalue weighted by molar-refractivity contribution is 9.10. The number of halogens is 2. The van der Waals surface area contributed by atoms with E-state index in [0.29, 0.717) is 12.1 Å². The second kappa shape index (κ2) is 10.1. The molecule has 0 atom stereocenters. The van der Waals surface area contributed by atoms with Gasteiger partial charge >= 0.3 is 0 Å². The van der Waals surface area contributed by atoms with Crippen LogP contribution in [-0.4, -0.2) is 32.7 Å². The number of hydrogen-bond acceptors (Lipinski definition) is 3. The van der Waals surface area contributed by atoms with Crippen molar-refractivity contribution in [3.05, 3.63) is 28.2 Å². The second-order valence-electron chi connectivity index (χ2n) is 3.86. The summed E-state index contributed by atoms with van der Waals surface area (Å²) in [6.45, 7) is 4.50. The van der Waals surface area contributed by atoms with E-state index in [1.165, 1.54) is 0 Å². The van der Waals surface area contributed by atoms with E-state index in [0.717, 1.165) is 29.7 Å². The number of nitrogens with one attached hydrogen (secondary N) is 2. The van der Waals surface area contributed by atoms with Crippen molar-refractivity contribution in [1.82, 2.24) is 10.6 Å². The monoisotopic (exact) mass is 350 g/mol.